The second-order valence-corrected chi connectivity index (χ2v) is 8.42. The molecule has 162 valence electrons. The summed E-state index contributed by atoms with van der Waals surface area (Å²) in [5.41, 5.74) is -0.326. The summed E-state index contributed by atoms with van der Waals surface area (Å²) in [6.45, 7) is 1.86. The quantitative estimate of drug-likeness (QED) is 0.566. The molecule has 3 rings (SSSR count). The Hall–Kier alpha value is -3.33. The lowest BCUT2D eigenvalue weighted by Gasteiger charge is -2.23. The topological polar surface area (TPSA) is 66.5 Å². The van der Waals surface area contributed by atoms with Crippen LogP contribution >= 0.6 is 0 Å². The van der Waals surface area contributed by atoms with Crippen LogP contribution in [-0.4, -0.2) is 20.9 Å². The average Bonchev–Trinajstić information content (AvgIpc) is 2.75. The van der Waals surface area contributed by atoms with Crippen LogP contribution in [0, 0.1) is 0 Å². The zero-order chi connectivity index (χ0) is 22.6. The highest BCUT2D eigenvalue weighted by atomic mass is 32.2. The highest BCUT2D eigenvalue weighted by Gasteiger charge is 2.30. The van der Waals surface area contributed by atoms with Crippen molar-refractivity contribution < 1.29 is 26.4 Å². The van der Waals surface area contributed by atoms with Crippen molar-refractivity contribution in [1.29, 1.82) is 0 Å². The summed E-state index contributed by atoms with van der Waals surface area (Å²) in [5.74, 6) is -0.611. The molecule has 5 nitrogen and oxygen atoms in total. The van der Waals surface area contributed by atoms with Crippen LogP contribution in [0.5, 0.6) is 0 Å². The molecule has 0 unspecified atom stereocenters. The van der Waals surface area contributed by atoms with Gasteiger partial charge in [-0.05, 0) is 61.5 Å². The maximum atomic E-state index is 12.9. The Kier molecular flexibility index (Phi) is 6.35. The summed E-state index contributed by atoms with van der Waals surface area (Å²) >= 11 is 0. The monoisotopic (exact) mass is 448 g/mol. The van der Waals surface area contributed by atoms with Gasteiger partial charge in [-0.15, -0.1) is 0 Å². The van der Waals surface area contributed by atoms with Gasteiger partial charge >= 0.3 is 6.18 Å². The van der Waals surface area contributed by atoms with Gasteiger partial charge in [0, 0.05) is 17.8 Å². The maximum Gasteiger partial charge on any atom is 0.416 e. The number of rotatable bonds is 6. The molecule has 3 aromatic rings. The van der Waals surface area contributed by atoms with Gasteiger partial charge in [-0.25, -0.2) is 8.42 Å². The SMILES string of the molecule is CCN(c1ccc(C(=O)Nc2cccc(C(F)(F)F)c2)cc1)S(=O)(=O)c1ccccc1. The Bertz CT molecular complexity index is 1160. The van der Waals surface area contributed by atoms with Gasteiger partial charge < -0.3 is 5.32 Å². The lowest BCUT2D eigenvalue weighted by molar-refractivity contribution is -0.137. The van der Waals surface area contributed by atoms with E-state index in [-0.39, 0.29) is 22.7 Å². The van der Waals surface area contributed by atoms with E-state index < -0.39 is 27.7 Å². The van der Waals surface area contributed by atoms with E-state index >= 15 is 0 Å². The van der Waals surface area contributed by atoms with Crippen molar-refractivity contribution in [3.8, 4) is 0 Å². The second kappa shape index (κ2) is 8.81. The molecule has 0 spiro atoms. The number of carbonyl (C=O) groups is 1. The number of hydrogen-bond donors (Lipinski definition) is 1. The summed E-state index contributed by atoms with van der Waals surface area (Å²) in [6, 6.07) is 18.1. The molecule has 0 saturated carbocycles. The van der Waals surface area contributed by atoms with Crippen molar-refractivity contribution in [2.45, 2.75) is 18.0 Å². The maximum absolute atomic E-state index is 12.9. The first-order valence-electron chi connectivity index (χ1n) is 9.29. The molecule has 0 bridgehead atoms. The number of nitrogens with one attached hydrogen (secondary N) is 1. The molecule has 31 heavy (non-hydrogen) atoms. The van der Waals surface area contributed by atoms with E-state index in [9.17, 15) is 26.4 Å². The second-order valence-electron chi connectivity index (χ2n) is 6.56. The molecule has 0 atom stereocenters. The van der Waals surface area contributed by atoms with E-state index in [0.717, 1.165) is 12.1 Å². The Morgan fingerprint density at radius 2 is 1.58 bits per heavy atom. The third-order valence-electron chi connectivity index (χ3n) is 4.48. The van der Waals surface area contributed by atoms with Crippen molar-refractivity contribution in [1.82, 2.24) is 0 Å². The fourth-order valence-electron chi connectivity index (χ4n) is 2.97. The highest BCUT2D eigenvalue weighted by Crippen LogP contribution is 2.31. The predicted molar refractivity (Wildman–Crippen MR) is 112 cm³/mol. The number of nitrogens with zero attached hydrogens (tertiary/aromatic N) is 1. The van der Waals surface area contributed by atoms with Gasteiger partial charge in [-0.1, -0.05) is 24.3 Å². The van der Waals surface area contributed by atoms with E-state index in [1.807, 2.05) is 0 Å². The molecule has 0 fully saturated rings. The number of amides is 1. The number of hydrogen-bond acceptors (Lipinski definition) is 3. The highest BCUT2D eigenvalue weighted by molar-refractivity contribution is 7.92. The van der Waals surface area contributed by atoms with Crippen molar-refractivity contribution in [2.75, 3.05) is 16.2 Å². The van der Waals surface area contributed by atoms with Gasteiger partial charge in [0.1, 0.15) is 0 Å². The van der Waals surface area contributed by atoms with Crippen molar-refractivity contribution >= 4 is 27.3 Å². The molecule has 0 aliphatic heterocycles. The Balaban J connectivity index is 1.80. The van der Waals surface area contributed by atoms with E-state index in [4.69, 9.17) is 0 Å². The largest absolute Gasteiger partial charge is 0.416 e. The Morgan fingerprint density at radius 3 is 2.16 bits per heavy atom. The fourth-order valence-corrected chi connectivity index (χ4v) is 4.46. The molecular formula is C22H19F3N2O3S. The van der Waals surface area contributed by atoms with E-state index in [1.54, 1.807) is 25.1 Å². The summed E-state index contributed by atoms with van der Waals surface area (Å²) < 4.78 is 65.5. The Morgan fingerprint density at radius 1 is 0.935 bits per heavy atom. The first-order chi connectivity index (χ1) is 14.6. The smallest absolute Gasteiger partial charge is 0.322 e. The molecule has 1 amide bonds. The number of benzene rings is 3. The molecule has 1 N–H and O–H groups in total. The van der Waals surface area contributed by atoms with Crippen LogP contribution in [0.3, 0.4) is 0 Å². The molecule has 0 heterocycles. The molecule has 0 saturated heterocycles. The van der Waals surface area contributed by atoms with Gasteiger partial charge in [-0.2, -0.15) is 13.2 Å². The molecule has 0 aliphatic rings. The summed E-state index contributed by atoms with van der Waals surface area (Å²) in [4.78, 5) is 12.6. The standard InChI is InChI=1S/C22H19F3N2O3S/c1-2-27(31(29,30)20-9-4-3-5-10-20)19-13-11-16(12-14-19)21(28)26-18-8-6-7-17(15-18)22(23,24)25/h3-15H,2H2,1H3,(H,26,28). The minimum absolute atomic E-state index is 0.00532. The molecule has 3 aromatic carbocycles. The third-order valence-corrected chi connectivity index (χ3v) is 6.40. The number of anilines is 2. The lowest BCUT2D eigenvalue weighted by atomic mass is 10.1. The zero-order valence-corrected chi connectivity index (χ0v) is 17.2. The van der Waals surface area contributed by atoms with Crippen molar-refractivity contribution in [3.63, 3.8) is 0 Å². The fraction of sp³-hybridized carbons (Fsp3) is 0.136. The predicted octanol–water partition coefficient (Wildman–Crippen LogP) is 5.17. The minimum atomic E-state index is -4.52. The average molecular weight is 448 g/mol. The molecule has 0 aromatic heterocycles. The first kappa shape index (κ1) is 22.4. The van der Waals surface area contributed by atoms with E-state index in [1.165, 1.54) is 52.8 Å². The van der Waals surface area contributed by atoms with Gasteiger partial charge in [0.2, 0.25) is 0 Å². The summed E-state index contributed by atoms with van der Waals surface area (Å²) in [7, 11) is -3.78. The van der Waals surface area contributed by atoms with Gasteiger partial charge in [0.25, 0.3) is 15.9 Å². The third kappa shape index (κ3) is 5.05. The van der Waals surface area contributed by atoms with Crippen molar-refractivity contribution in [3.05, 3.63) is 90.0 Å². The normalized spacial score (nSPS) is 11.7. The summed E-state index contributed by atoms with van der Waals surface area (Å²) in [6.07, 6.45) is -4.52. The minimum Gasteiger partial charge on any atom is -0.322 e. The van der Waals surface area contributed by atoms with E-state index in [2.05, 4.69) is 5.32 Å². The van der Waals surface area contributed by atoms with Crippen LogP contribution in [0.15, 0.2) is 83.8 Å². The van der Waals surface area contributed by atoms with Crippen LogP contribution in [0.25, 0.3) is 0 Å². The zero-order valence-electron chi connectivity index (χ0n) is 16.4. The van der Waals surface area contributed by atoms with Crippen LogP contribution < -0.4 is 9.62 Å². The van der Waals surface area contributed by atoms with Gasteiger partial charge in [0.15, 0.2) is 0 Å². The number of sulfonamides is 1. The van der Waals surface area contributed by atoms with Crippen LogP contribution in [0.2, 0.25) is 0 Å². The lowest BCUT2D eigenvalue weighted by Crippen LogP contribution is -2.30. The van der Waals surface area contributed by atoms with Gasteiger partial charge in [-0.3, -0.25) is 9.10 Å². The summed E-state index contributed by atoms with van der Waals surface area (Å²) in [5, 5.41) is 2.42. The molecule has 0 radical (unpaired) electrons. The Labute approximate surface area is 178 Å². The molecule has 9 heteroatoms. The number of alkyl halides is 3. The van der Waals surface area contributed by atoms with Crippen LogP contribution in [0.4, 0.5) is 24.5 Å². The van der Waals surface area contributed by atoms with Crippen LogP contribution in [0.1, 0.15) is 22.8 Å². The van der Waals surface area contributed by atoms with Crippen molar-refractivity contribution in [2.24, 2.45) is 0 Å². The van der Waals surface area contributed by atoms with Gasteiger partial charge in [0.05, 0.1) is 16.1 Å². The van der Waals surface area contributed by atoms with E-state index in [0.29, 0.717) is 5.69 Å². The molecular weight excluding hydrogens is 429 g/mol. The van der Waals surface area contributed by atoms with Crippen LogP contribution in [-0.2, 0) is 16.2 Å². The first-order valence-corrected chi connectivity index (χ1v) is 10.7. The number of carbonyl (C=O) groups excluding carboxylic acids is 1. The molecule has 0 aliphatic carbocycles. The number of halogens is 3.